The summed E-state index contributed by atoms with van der Waals surface area (Å²) in [6.45, 7) is 0. The van der Waals surface area contributed by atoms with Crippen molar-refractivity contribution < 1.29 is 0 Å². The molecule has 1 rings (SSSR count). The quantitative estimate of drug-likeness (QED) is 0.421. The lowest BCUT2D eigenvalue weighted by Gasteiger charge is -2.00. The zero-order chi connectivity index (χ0) is 10.1. The number of pyridine rings is 1. The van der Waals surface area contributed by atoms with Crippen LogP contribution in [0.15, 0.2) is 24.5 Å². The summed E-state index contributed by atoms with van der Waals surface area (Å²) in [6.07, 6.45) is 11.9. The number of rotatable bonds is 7. The van der Waals surface area contributed by atoms with Gasteiger partial charge in [-0.05, 0) is 41.4 Å². The van der Waals surface area contributed by atoms with Gasteiger partial charge in [-0.25, -0.2) is 0 Å². The van der Waals surface area contributed by atoms with E-state index in [1.54, 1.807) is 0 Å². The molecule has 0 radical (unpaired) electrons. The van der Waals surface area contributed by atoms with Crippen LogP contribution < -0.4 is 0 Å². The molecule has 0 fully saturated rings. The van der Waals surface area contributed by atoms with Gasteiger partial charge in [-0.2, -0.15) is 0 Å². The Labute approximate surface area is 100 Å². The number of aryl methyl sites for hydroxylation is 1. The first-order chi connectivity index (χ1) is 6.93. The van der Waals surface area contributed by atoms with E-state index in [0.717, 1.165) is 0 Å². The molecule has 1 nitrogen and oxygen atoms in total. The van der Waals surface area contributed by atoms with Crippen LogP contribution in [0.25, 0.3) is 0 Å². The second kappa shape index (κ2) is 8.21. The van der Waals surface area contributed by atoms with Gasteiger partial charge in [0.1, 0.15) is 0 Å². The maximum Gasteiger partial charge on any atom is 0.0270 e. The highest BCUT2D eigenvalue weighted by Gasteiger charge is 1.92. The highest BCUT2D eigenvalue weighted by molar-refractivity contribution is 14.1. The topological polar surface area (TPSA) is 12.9 Å². The van der Waals surface area contributed by atoms with Crippen molar-refractivity contribution in [2.24, 2.45) is 0 Å². The smallest absolute Gasteiger partial charge is 0.0270 e. The van der Waals surface area contributed by atoms with Crippen molar-refractivity contribution in [3.05, 3.63) is 30.1 Å². The van der Waals surface area contributed by atoms with E-state index in [1.165, 1.54) is 48.5 Å². The molecule has 0 aliphatic rings. The number of hydrogen-bond donors (Lipinski definition) is 0. The van der Waals surface area contributed by atoms with Gasteiger partial charge < -0.3 is 0 Å². The fourth-order valence-corrected chi connectivity index (χ4v) is 2.04. The highest BCUT2D eigenvalue weighted by atomic mass is 127. The van der Waals surface area contributed by atoms with Crippen LogP contribution in [-0.2, 0) is 6.42 Å². The van der Waals surface area contributed by atoms with Crippen molar-refractivity contribution in [3.8, 4) is 0 Å². The van der Waals surface area contributed by atoms with E-state index in [4.69, 9.17) is 0 Å². The Hall–Kier alpha value is -0.120. The van der Waals surface area contributed by atoms with E-state index < -0.39 is 0 Å². The normalized spacial score (nSPS) is 10.4. The molecule has 0 unspecified atom stereocenters. The van der Waals surface area contributed by atoms with Gasteiger partial charge in [-0.3, -0.25) is 4.98 Å². The summed E-state index contributed by atoms with van der Waals surface area (Å²) in [5, 5.41) is 0. The molecule has 78 valence electrons. The summed E-state index contributed by atoms with van der Waals surface area (Å²) < 4.78 is 1.31. The lowest BCUT2D eigenvalue weighted by Crippen LogP contribution is -1.86. The number of hydrogen-bond acceptors (Lipinski definition) is 1. The first-order valence-corrected chi connectivity index (χ1v) is 6.91. The fraction of sp³-hybridized carbons (Fsp3) is 0.583. The SMILES string of the molecule is ICCCCCCCc1ccncc1. The molecule has 0 amide bonds. The van der Waals surface area contributed by atoms with Crippen LogP contribution in [-0.4, -0.2) is 9.41 Å². The van der Waals surface area contributed by atoms with E-state index in [1.807, 2.05) is 12.4 Å². The largest absolute Gasteiger partial charge is 0.265 e. The molecule has 0 aromatic carbocycles. The van der Waals surface area contributed by atoms with E-state index >= 15 is 0 Å². The Morgan fingerprint density at radius 3 is 2.29 bits per heavy atom. The second-order valence-corrected chi connectivity index (χ2v) is 4.64. The molecule has 0 saturated carbocycles. The minimum Gasteiger partial charge on any atom is -0.265 e. The van der Waals surface area contributed by atoms with E-state index in [9.17, 15) is 0 Å². The third-order valence-corrected chi connectivity index (χ3v) is 3.11. The van der Waals surface area contributed by atoms with Gasteiger partial charge in [0.25, 0.3) is 0 Å². The second-order valence-electron chi connectivity index (χ2n) is 3.56. The van der Waals surface area contributed by atoms with Crippen molar-refractivity contribution in [3.63, 3.8) is 0 Å². The zero-order valence-electron chi connectivity index (χ0n) is 8.58. The number of aromatic nitrogens is 1. The van der Waals surface area contributed by atoms with Gasteiger partial charge in [0.2, 0.25) is 0 Å². The molecule has 0 atom stereocenters. The molecule has 14 heavy (non-hydrogen) atoms. The van der Waals surface area contributed by atoms with E-state index in [-0.39, 0.29) is 0 Å². The third-order valence-electron chi connectivity index (χ3n) is 2.35. The predicted octanol–water partition coefficient (Wildman–Crippen LogP) is 4.01. The van der Waals surface area contributed by atoms with Gasteiger partial charge >= 0.3 is 0 Å². The lowest BCUT2D eigenvalue weighted by molar-refractivity contribution is 0.636. The number of nitrogens with zero attached hydrogens (tertiary/aromatic N) is 1. The van der Waals surface area contributed by atoms with Crippen LogP contribution in [0.2, 0.25) is 0 Å². The number of unbranched alkanes of at least 4 members (excludes halogenated alkanes) is 4. The molecule has 0 aliphatic carbocycles. The van der Waals surface area contributed by atoms with E-state index in [2.05, 4.69) is 39.7 Å². The van der Waals surface area contributed by atoms with Gasteiger partial charge in [-0.15, -0.1) is 0 Å². The van der Waals surface area contributed by atoms with Gasteiger partial charge in [-0.1, -0.05) is 41.9 Å². The van der Waals surface area contributed by atoms with Crippen molar-refractivity contribution in [1.29, 1.82) is 0 Å². The van der Waals surface area contributed by atoms with Crippen LogP contribution in [0.3, 0.4) is 0 Å². The van der Waals surface area contributed by atoms with Crippen molar-refractivity contribution >= 4 is 22.6 Å². The molecule has 0 spiro atoms. The summed E-state index contributed by atoms with van der Waals surface area (Å²) in [7, 11) is 0. The van der Waals surface area contributed by atoms with Crippen molar-refractivity contribution in [2.45, 2.75) is 38.5 Å². The third kappa shape index (κ3) is 5.58. The molecule has 1 aromatic rings. The molecule has 1 heterocycles. The Bertz CT molecular complexity index is 223. The molecule has 1 aromatic heterocycles. The standard InChI is InChI=1S/C12H18IN/c13-9-5-3-1-2-4-6-12-7-10-14-11-8-12/h7-8,10-11H,1-6,9H2. The summed E-state index contributed by atoms with van der Waals surface area (Å²) in [5.41, 5.74) is 1.42. The predicted molar refractivity (Wildman–Crippen MR) is 69.9 cm³/mol. The van der Waals surface area contributed by atoms with Crippen LogP contribution >= 0.6 is 22.6 Å². The van der Waals surface area contributed by atoms with E-state index in [0.29, 0.717) is 0 Å². The Morgan fingerprint density at radius 2 is 1.57 bits per heavy atom. The Kier molecular flexibility index (Phi) is 7.01. The van der Waals surface area contributed by atoms with Gasteiger partial charge in [0.15, 0.2) is 0 Å². The van der Waals surface area contributed by atoms with Gasteiger partial charge in [0, 0.05) is 12.4 Å². The molecular weight excluding hydrogens is 285 g/mol. The van der Waals surface area contributed by atoms with Crippen LogP contribution in [0.1, 0.15) is 37.7 Å². The van der Waals surface area contributed by atoms with Crippen LogP contribution in [0.4, 0.5) is 0 Å². The Morgan fingerprint density at radius 1 is 0.929 bits per heavy atom. The molecule has 0 bridgehead atoms. The molecule has 0 saturated heterocycles. The average molecular weight is 303 g/mol. The fourth-order valence-electron chi connectivity index (χ4n) is 1.50. The van der Waals surface area contributed by atoms with Crippen LogP contribution in [0, 0.1) is 0 Å². The van der Waals surface area contributed by atoms with Crippen LogP contribution in [0.5, 0.6) is 0 Å². The number of halogens is 1. The first-order valence-electron chi connectivity index (χ1n) is 5.38. The molecule has 0 aliphatic heterocycles. The maximum absolute atomic E-state index is 4.01. The molecule has 0 N–H and O–H groups in total. The number of alkyl halides is 1. The molecular formula is C12H18IN. The average Bonchev–Trinajstić information content (AvgIpc) is 2.25. The summed E-state index contributed by atoms with van der Waals surface area (Å²) in [6, 6.07) is 4.23. The van der Waals surface area contributed by atoms with Gasteiger partial charge in [0.05, 0.1) is 0 Å². The van der Waals surface area contributed by atoms with Crippen molar-refractivity contribution in [1.82, 2.24) is 4.98 Å². The lowest BCUT2D eigenvalue weighted by atomic mass is 10.1. The maximum atomic E-state index is 4.01. The first kappa shape index (κ1) is 12.0. The Balaban J connectivity index is 1.99. The summed E-state index contributed by atoms with van der Waals surface area (Å²) in [5.74, 6) is 0. The molecule has 2 heteroatoms. The van der Waals surface area contributed by atoms with Crippen molar-refractivity contribution in [2.75, 3.05) is 4.43 Å². The monoisotopic (exact) mass is 303 g/mol. The summed E-state index contributed by atoms with van der Waals surface area (Å²) >= 11 is 2.45. The highest BCUT2D eigenvalue weighted by Crippen LogP contribution is 2.08. The minimum absolute atomic E-state index is 1.22. The zero-order valence-corrected chi connectivity index (χ0v) is 10.7. The summed E-state index contributed by atoms with van der Waals surface area (Å²) in [4.78, 5) is 4.01. The minimum atomic E-state index is 1.22.